The largest absolute Gasteiger partial charge is 0.324 e. The number of anilines is 3. The molecule has 0 aliphatic carbocycles. The molecule has 110 valence electrons. The van der Waals surface area contributed by atoms with Gasteiger partial charge in [0.2, 0.25) is 5.91 Å². The Morgan fingerprint density at radius 2 is 1.95 bits per heavy atom. The molecule has 0 spiro atoms. The van der Waals surface area contributed by atoms with Crippen molar-refractivity contribution in [3.05, 3.63) is 41.7 Å². The van der Waals surface area contributed by atoms with Crippen molar-refractivity contribution in [2.45, 2.75) is 20.8 Å². The first-order valence-corrected chi connectivity index (χ1v) is 6.89. The lowest BCUT2D eigenvalue weighted by molar-refractivity contribution is -0.123. The van der Waals surface area contributed by atoms with Gasteiger partial charge in [-0.25, -0.2) is 9.97 Å². The number of rotatable bonds is 3. The summed E-state index contributed by atoms with van der Waals surface area (Å²) >= 11 is 6.01. The molecule has 0 saturated heterocycles. The molecule has 0 unspecified atom stereocenters. The number of carbonyl (C=O) groups is 1. The van der Waals surface area contributed by atoms with E-state index < -0.39 is 5.41 Å². The molecular formula is C15H17ClN4O. The number of nitrogens with zero attached hydrogens (tertiary/aromatic N) is 2. The predicted octanol–water partition coefficient (Wildman–Crippen LogP) is 3.86. The minimum Gasteiger partial charge on any atom is -0.324 e. The van der Waals surface area contributed by atoms with Crippen molar-refractivity contribution in [3.8, 4) is 0 Å². The molecule has 6 heteroatoms. The van der Waals surface area contributed by atoms with E-state index in [0.29, 0.717) is 22.3 Å². The Morgan fingerprint density at radius 3 is 2.52 bits per heavy atom. The number of nitrogens with one attached hydrogen (secondary N) is 2. The minimum absolute atomic E-state index is 0.0576. The number of pyridine rings is 2. The van der Waals surface area contributed by atoms with Gasteiger partial charge < -0.3 is 10.6 Å². The van der Waals surface area contributed by atoms with Crippen molar-refractivity contribution in [1.29, 1.82) is 0 Å². The Balaban J connectivity index is 2.06. The molecule has 0 aliphatic heterocycles. The molecule has 21 heavy (non-hydrogen) atoms. The van der Waals surface area contributed by atoms with Crippen LogP contribution in [0.25, 0.3) is 0 Å². The molecule has 0 saturated carbocycles. The standard InChI is InChI=1S/C15H17ClN4O/c1-15(2,3)14(21)19-10-6-7-12(18-9-10)20-13-11(16)5-4-8-17-13/h4-9H,1-3H3,(H,19,21)(H,17,18,20). The summed E-state index contributed by atoms with van der Waals surface area (Å²) in [6.07, 6.45) is 3.23. The Kier molecular flexibility index (Phi) is 4.43. The van der Waals surface area contributed by atoms with Crippen molar-refractivity contribution < 1.29 is 4.79 Å². The molecule has 1 amide bonds. The quantitative estimate of drug-likeness (QED) is 0.903. The van der Waals surface area contributed by atoms with E-state index in [1.165, 1.54) is 0 Å². The van der Waals surface area contributed by atoms with Gasteiger partial charge in [0.25, 0.3) is 0 Å². The Bertz CT molecular complexity index is 635. The first-order chi connectivity index (χ1) is 9.86. The van der Waals surface area contributed by atoms with Gasteiger partial charge in [-0.05, 0) is 24.3 Å². The van der Waals surface area contributed by atoms with E-state index in [1.807, 2.05) is 20.8 Å². The average molecular weight is 305 g/mol. The zero-order valence-corrected chi connectivity index (χ0v) is 12.9. The van der Waals surface area contributed by atoms with E-state index in [9.17, 15) is 4.79 Å². The van der Waals surface area contributed by atoms with Gasteiger partial charge in [0.1, 0.15) is 11.6 Å². The van der Waals surface area contributed by atoms with Crippen LogP contribution in [0.4, 0.5) is 17.3 Å². The highest BCUT2D eigenvalue weighted by molar-refractivity contribution is 6.33. The van der Waals surface area contributed by atoms with Gasteiger partial charge >= 0.3 is 0 Å². The molecule has 2 aromatic heterocycles. The molecule has 0 atom stereocenters. The highest BCUT2D eigenvalue weighted by Gasteiger charge is 2.21. The van der Waals surface area contributed by atoms with E-state index in [4.69, 9.17) is 11.6 Å². The fourth-order valence-electron chi connectivity index (χ4n) is 1.46. The van der Waals surface area contributed by atoms with E-state index >= 15 is 0 Å². The Labute approximate surface area is 128 Å². The molecule has 5 nitrogen and oxygen atoms in total. The van der Waals surface area contributed by atoms with Crippen LogP contribution in [0.15, 0.2) is 36.7 Å². The molecule has 0 radical (unpaired) electrons. The van der Waals surface area contributed by atoms with Crippen LogP contribution in [0.5, 0.6) is 0 Å². The summed E-state index contributed by atoms with van der Waals surface area (Å²) in [5.41, 5.74) is 0.200. The Hall–Kier alpha value is -2.14. The van der Waals surface area contributed by atoms with E-state index in [2.05, 4.69) is 20.6 Å². The summed E-state index contributed by atoms with van der Waals surface area (Å²) in [5, 5.41) is 6.35. The summed E-state index contributed by atoms with van der Waals surface area (Å²) < 4.78 is 0. The topological polar surface area (TPSA) is 66.9 Å². The third-order valence-corrected chi connectivity index (χ3v) is 3.01. The molecule has 2 N–H and O–H groups in total. The van der Waals surface area contributed by atoms with Crippen molar-refractivity contribution in [2.24, 2.45) is 5.41 Å². The number of aromatic nitrogens is 2. The first-order valence-electron chi connectivity index (χ1n) is 6.51. The van der Waals surface area contributed by atoms with Crippen LogP contribution in [-0.2, 0) is 4.79 Å². The smallest absolute Gasteiger partial charge is 0.229 e. The molecule has 2 aromatic rings. The molecule has 2 heterocycles. The van der Waals surface area contributed by atoms with Crippen LogP contribution in [0.1, 0.15) is 20.8 Å². The molecule has 0 aromatic carbocycles. The van der Waals surface area contributed by atoms with Crippen LogP contribution in [-0.4, -0.2) is 15.9 Å². The molecule has 0 aliphatic rings. The maximum absolute atomic E-state index is 11.9. The maximum atomic E-state index is 11.9. The summed E-state index contributed by atoms with van der Waals surface area (Å²) in [4.78, 5) is 20.2. The van der Waals surface area contributed by atoms with Gasteiger partial charge in [-0.1, -0.05) is 32.4 Å². The molecule has 2 rings (SSSR count). The lowest BCUT2D eigenvalue weighted by Crippen LogP contribution is -2.27. The fraction of sp³-hybridized carbons (Fsp3) is 0.267. The lowest BCUT2D eigenvalue weighted by Gasteiger charge is -2.17. The third-order valence-electron chi connectivity index (χ3n) is 2.71. The SMILES string of the molecule is CC(C)(C)C(=O)Nc1ccc(Nc2ncccc2Cl)nc1. The first kappa shape index (κ1) is 15.3. The van der Waals surface area contributed by atoms with Crippen LogP contribution < -0.4 is 10.6 Å². The molecule has 0 bridgehead atoms. The van der Waals surface area contributed by atoms with Crippen molar-refractivity contribution in [3.63, 3.8) is 0 Å². The number of hydrogen-bond acceptors (Lipinski definition) is 4. The second kappa shape index (κ2) is 6.10. The predicted molar refractivity (Wildman–Crippen MR) is 84.9 cm³/mol. The van der Waals surface area contributed by atoms with Crippen LogP contribution in [0, 0.1) is 5.41 Å². The second-order valence-electron chi connectivity index (χ2n) is 5.60. The normalized spacial score (nSPS) is 11.0. The van der Waals surface area contributed by atoms with E-state index in [-0.39, 0.29) is 5.91 Å². The number of amides is 1. The summed E-state index contributed by atoms with van der Waals surface area (Å²) in [6, 6.07) is 7.03. The maximum Gasteiger partial charge on any atom is 0.229 e. The monoisotopic (exact) mass is 304 g/mol. The zero-order valence-electron chi connectivity index (χ0n) is 12.1. The van der Waals surface area contributed by atoms with E-state index in [0.717, 1.165) is 0 Å². The minimum atomic E-state index is -0.446. The van der Waals surface area contributed by atoms with Gasteiger partial charge in [0.15, 0.2) is 0 Å². The van der Waals surface area contributed by atoms with Crippen LogP contribution in [0.3, 0.4) is 0 Å². The van der Waals surface area contributed by atoms with Crippen molar-refractivity contribution in [2.75, 3.05) is 10.6 Å². The number of hydrogen-bond donors (Lipinski definition) is 2. The highest BCUT2D eigenvalue weighted by Crippen LogP contribution is 2.22. The van der Waals surface area contributed by atoms with Crippen molar-refractivity contribution in [1.82, 2.24) is 9.97 Å². The fourth-order valence-corrected chi connectivity index (χ4v) is 1.63. The zero-order chi connectivity index (χ0) is 15.5. The van der Waals surface area contributed by atoms with Gasteiger partial charge in [-0.2, -0.15) is 0 Å². The van der Waals surface area contributed by atoms with Crippen molar-refractivity contribution >= 4 is 34.8 Å². The highest BCUT2D eigenvalue weighted by atomic mass is 35.5. The van der Waals surface area contributed by atoms with Gasteiger partial charge in [0.05, 0.1) is 16.9 Å². The second-order valence-corrected chi connectivity index (χ2v) is 6.00. The molecule has 0 fully saturated rings. The van der Waals surface area contributed by atoms with Gasteiger partial charge in [0, 0.05) is 11.6 Å². The Morgan fingerprint density at radius 1 is 1.19 bits per heavy atom. The molecular weight excluding hydrogens is 288 g/mol. The van der Waals surface area contributed by atoms with Gasteiger partial charge in [-0.15, -0.1) is 0 Å². The average Bonchev–Trinajstić information content (AvgIpc) is 2.42. The summed E-state index contributed by atoms with van der Waals surface area (Å²) in [7, 11) is 0. The third kappa shape index (κ3) is 4.16. The van der Waals surface area contributed by atoms with Gasteiger partial charge in [-0.3, -0.25) is 4.79 Å². The van der Waals surface area contributed by atoms with E-state index in [1.54, 1.807) is 36.7 Å². The van der Waals surface area contributed by atoms with Crippen LogP contribution in [0.2, 0.25) is 5.02 Å². The number of halogens is 1. The summed E-state index contributed by atoms with van der Waals surface area (Å²) in [5.74, 6) is 1.08. The number of carbonyl (C=O) groups excluding carboxylic acids is 1. The lowest BCUT2D eigenvalue weighted by atomic mass is 9.96. The summed E-state index contributed by atoms with van der Waals surface area (Å²) in [6.45, 7) is 5.57. The van der Waals surface area contributed by atoms with Crippen LogP contribution >= 0.6 is 11.6 Å².